The molecule has 1 aromatic rings. The molecule has 0 aromatic carbocycles. The number of carbonyl (C=O) groups is 1. The molecule has 1 rings (SSSR count). The number of sulfonamides is 1. The van der Waals surface area contributed by atoms with Gasteiger partial charge in [0.1, 0.15) is 10.6 Å². The Morgan fingerprint density at radius 2 is 2.10 bits per heavy atom. The van der Waals surface area contributed by atoms with Gasteiger partial charge in [0.05, 0.1) is 13.2 Å². The van der Waals surface area contributed by atoms with E-state index in [1.54, 1.807) is 0 Å². The summed E-state index contributed by atoms with van der Waals surface area (Å²) >= 11 is 0. The summed E-state index contributed by atoms with van der Waals surface area (Å²) in [4.78, 5) is 10.4. The first-order valence-electron chi connectivity index (χ1n) is 5.49. The van der Waals surface area contributed by atoms with Gasteiger partial charge in [-0.25, -0.2) is 22.0 Å². The Labute approximate surface area is 114 Å². The first-order valence-corrected chi connectivity index (χ1v) is 6.93. The zero-order valence-corrected chi connectivity index (χ0v) is 11.3. The maximum Gasteiger partial charge on any atom is 0.352 e. The van der Waals surface area contributed by atoms with Crippen molar-refractivity contribution in [2.24, 2.45) is 7.05 Å². The lowest BCUT2D eigenvalue weighted by Gasteiger charge is -2.19. The molecule has 0 saturated heterocycles. The maximum atomic E-state index is 12.4. The highest BCUT2D eigenvalue weighted by Gasteiger charge is 2.29. The molecule has 2 N–H and O–H groups in total. The van der Waals surface area contributed by atoms with Crippen LogP contribution in [0.25, 0.3) is 0 Å². The number of rotatable bonds is 7. The average molecular weight is 312 g/mol. The van der Waals surface area contributed by atoms with Gasteiger partial charge in [0.2, 0.25) is 10.0 Å². The minimum atomic E-state index is -4.28. The molecule has 1 heterocycles. The zero-order chi connectivity index (χ0) is 15.5. The van der Waals surface area contributed by atoms with Crippen molar-refractivity contribution in [1.29, 1.82) is 0 Å². The SMILES string of the molecule is Cn1cc(S(=O)(=O)N(CCO)CC(F)F)cc1C(=O)O. The van der Waals surface area contributed by atoms with Gasteiger partial charge < -0.3 is 14.8 Å². The van der Waals surface area contributed by atoms with E-state index in [1.165, 1.54) is 7.05 Å². The Morgan fingerprint density at radius 1 is 1.50 bits per heavy atom. The first kappa shape index (κ1) is 16.5. The summed E-state index contributed by atoms with van der Waals surface area (Å²) in [5.74, 6) is -1.34. The van der Waals surface area contributed by atoms with Gasteiger partial charge in [0.25, 0.3) is 6.43 Å². The fourth-order valence-electron chi connectivity index (χ4n) is 1.61. The Kier molecular flexibility index (Phi) is 5.20. The lowest BCUT2D eigenvalue weighted by Crippen LogP contribution is -2.37. The topological polar surface area (TPSA) is 99.8 Å². The number of halogens is 2. The van der Waals surface area contributed by atoms with Crippen molar-refractivity contribution in [2.75, 3.05) is 19.7 Å². The second kappa shape index (κ2) is 6.29. The molecule has 0 radical (unpaired) electrons. The van der Waals surface area contributed by atoms with Gasteiger partial charge in [-0.05, 0) is 6.07 Å². The number of hydrogen-bond acceptors (Lipinski definition) is 4. The van der Waals surface area contributed by atoms with Gasteiger partial charge in [0.15, 0.2) is 0 Å². The molecule has 0 fully saturated rings. The van der Waals surface area contributed by atoms with Gasteiger partial charge in [-0.1, -0.05) is 0 Å². The predicted octanol–water partition coefficient (Wildman–Crippen LogP) is -0.0286. The van der Waals surface area contributed by atoms with Crippen molar-refractivity contribution in [1.82, 2.24) is 8.87 Å². The van der Waals surface area contributed by atoms with Crippen LogP contribution < -0.4 is 0 Å². The lowest BCUT2D eigenvalue weighted by atomic mass is 10.4. The van der Waals surface area contributed by atoms with E-state index in [9.17, 15) is 22.0 Å². The molecule has 0 amide bonds. The Balaban J connectivity index is 3.19. The van der Waals surface area contributed by atoms with E-state index in [0.29, 0.717) is 4.31 Å². The third kappa shape index (κ3) is 3.52. The molecule has 0 aliphatic heterocycles. The summed E-state index contributed by atoms with van der Waals surface area (Å²) in [6.07, 6.45) is -1.88. The first-order chi connectivity index (χ1) is 9.20. The highest BCUT2D eigenvalue weighted by atomic mass is 32.2. The zero-order valence-electron chi connectivity index (χ0n) is 10.5. The largest absolute Gasteiger partial charge is 0.477 e. The average Bonchev–Trinajstić information content (AvgIpc) is 2.71. The molecule has 1 aromatic heterocycles. The monoisotopic (exact) mass is 312 g/mol. The Morgan fingerprint density at radius 3 is 2.50 bits per heavy atom. The molecule has 114 valence electrons. The van der Waals surface area contributed by atoms with Crippen LogP contribution in [-0.4, -0.2) is 59.6 Å². The Hall–Kier alpha value is -1.52. The molecule has 0 aliphatic carbocycles. The third-order valence-electron chi connectivity index (χ3n) is 2.53. The Bertz CT molecular complexity index is 584. The van der Waals surface area contributed by atoms with Crippen LogP contribution >= 0.6 is 0 Å². The quantitative estimate of drug-likeness (QED) is 0.736. The number of alkyl halides is 2. The molecule has 0 saturated carbocycles. The van der Waals surface area contributed by atoms with Crippen molar-refractivity contribution >= 4 is 16.0 Å². The maximum absolute atomic E-state index is 12.4. The predicted molar refractivity (Wildman–Crippen MR) is 64.2 cm³/mol. The number of carboxylic acids is 1. The van der Waals surface area contributed by atoms with Gasteiger partial charge >= 0.3 is 5.97 Å². The molecule has 0 atom stereocenters. The number of aliphatic hydroxyl groups is 1. The molecule has 7 nitrogen and oxygen atoms in total. The minimum absolute atomic E-state index is 0.287. The molecule has 0 unspecified atom stereocenters. The fourth-order valence-corrected chi connectivity index (χ4v) is 3.09. The van der Waals surface area contributed by atoms with Crippen LogP contribution in [0.4, 0.5) is 8.78 Å². The number of aromatic nitrogens is 1. The normalized spacial score (nSPS) is 12.3. The number of nitrogens with zero attached hydrogens (tertiary/aromatic N) is 2. The summed E-state index contributed by atoms with van der Waals surface area (Å²) in [5, 5.41) is 17.6. The highest BCUT2D eigenvalue weighted by molar-refractivity contribution is 7.89. The van der Waals surface area contributed by atoms with Crippen molar-refractivity contribution in [2.45, 2.75) is 11.3 Å². The minimum Gasteiger partial charge on any atom is -0.477 e. The lowest BCUT2D eigenvalue weighted by molar-refractivity contribution is 0.0686. The molecule has 0 bridgehead atoms. The van der Waals surface area contributed by atoms with Crippen LogP contribution in [0.2, 0.25) is 0 Å². The van der Waals surface area contributed by atoms with Crippen LogP contribution in [0, 0.1) is 0 Å². The smallest absolute Gasteiger partial charge is 0.352 e. The number of aryl methyl sites for hydroxylation is 1. The number of hydrogen-bond donors (Lipinski definition) is 2. The van der Waals surface area contributed by atoms with E-state index in [0.717, 1.165) is 16.8 Å². The summed E-state index contributed by atoms with van der Waals surface area (Å²) in [5.41, 5.74) is -0.287. The van der Waals surface area contributed by atoms with Gasteiger partial charge in [-0.15, -0.1) is 0 Å². The van der Waals surface area contributed by atoms with E-state index in [1.807, 2.05) is 0 Å². The molecule has 0 aliphatic rings. The standard InChI is InChI=1S/C10H14F2N2O5S/c1-13-5-7(4-8(13)10(16)17)20(18,19)14(2-3-15)6-9(11)12/h4-5,9,15H,2-3,6H2,1H3,(H,16,17). The van der Waals surface area contributed by atoms with E-state index in [2.05, 4.69) is 0 Å². The van der Waals surface area contributed by atoms with E-state index >= 15 is 0 Å². The van der Waals surface area contributed by atoms with E-state index in [-0.39, 0.29) is 5.69 Å². The number of aromatic carboxylic acids is 1. The molecule has 0 spiro atoms. The summed E-state index contributed by atoms with van der Waals surface area (Å²) in [6.45, 7) is -2.19. The van der Waals surface area contributed by atoms with Gasteiger partial charge in [-0.3, -0.25) is 0 Å². The van der Waals surface area contributed by atoms with Crippen LogP contribution in [-0.2, 0) is 17.1 Å². The molecular formula is C10H14F2N2O5S. The number of carboxylic acid groups (broad SMARTS) is 1. The highest BCUT2D eigenvalue weighted by Crippen LogP contribution is 2.19. The van der Waals surface area contributed by atoms with E-state index in [4.69, 9.17) is 10.2 Å². The summed E-state index contributed by atoms with van der Waals surface area (Å²) in [6, 6.07) is 0.882. The molecule has 20 heavy (non-hydrogen) atoms. The molecule has 10 heteroatoms. The van der Waals surface area contributed by atoms with E-state index < -0.39 is 47.0 Å². The van der Waals surface area contributed by atoms with Crippen LogP contribution in [0.15, 0.2) is 17.2 Å². The van der Waals surface area contributed by atoms with Crippen molar-refractivity contribution in [3.8, 4) is 0 Å². The van der Waals surface area contributed by atoms with Crippen molar-refractivity contribution < 1.29 is 32.2 Å². The second-order valence-corrected chi connectivity index (χ2v) is 5.89. The summed E-state index contributed by atoms with van der Waals surface area (Å²) in [7, 11) is -2.96. The van der Waals surface area contributed by atoms with Crippen molar-refractivity contribution in [3.05, 3.63) is 18.0 Å². The third-order valence-corrected chi connectivity index (χ3v) is 4.36. The van der Waals surface area contributed by atoms with Gasteiger partial charge in [0, 0.05) is 19.8 Å². The van der Waals surface area contributed by atoms with Crippen molar-refractivity contribution in [3.63, 3.8) is 0 Å². The van der Waals surface area contributed by atoms with Crippen LogP contribution in [0.1, 0.15) is 10.5 Å². The van der Waals surface area contributed by atoms with Crippen LogP contribution in [0.5, 0.6) is 0 Å². The number of aliphatic hydroxyl groups excluding tert-OH is 1. The summed E-state index contributed by atoms with van der Waals surface area (Å²) < 4.78 is 50.5. The fraction of sp³-hybridized carbons (Fsp3) is 0.500. The molecular weight excluding hydrogens is 298 g/mol. The van der Waals surface area contributed by atoms with Crippen LogP contribution in [0.3, 0.4) is 0 Å². The van der Waals surface area contributed by atoms with Gasteiger partial charge in [-0.2, -0.15) is 4.31 Å². The second-order valence-electron chi connectivity index (χ2n) is 3.95.